The molecule has 4 rings (SSSR count). The zero-order chi connectivity index (χ0) is 18.6. The number of pyridine rings is 1. The molecule has 0 unspecified atom stereocenters. The Hall–Kier alpha value is -2.35. The zero-order valence-electron chi connectivity index (χ0n) is 15.4. The Morgan fingerprint density at radius 3 is 2.56 bits per heavy atom. The fourth-order valence-electron chi connectivity index (χ4n) is 3.31. The molecule has 0 aliphatic carbocycles. The van der Waals surface area contributed by atoms with Crippen LogP contribution in [0.1, 0.15) is 11.1 Å². The van der Waals surface area contributed by atoms with Crippen LogP contribution in [0.2, 0.25) is 0 Å². The van der Waals surface area contributed by atoms with Gasteiger partial charge in [0.05, 0.1) is 12.2 Å². The number of piperazine rings is 1. The third-order valence-electron chi connectivity index (χ3n) is 4.97. The second-order valence-electron chi connectivity index (χ2n) is 6.88. The lowest BCUT2D eigenvalue weighted by Gasteiger charge is -2.34. The highest BCUT2D eigenvalue weighted by molar-refractivity contribution is 7.71. The van der Waals surface area contributed by atoms with Crippen LogP contribution < -0.4 is 0 Å². The molecule has 1 saturated heterocycles. The summed E-state index contributed by atoms with van der Waals surface area (Å²) in [5.74, 6) is 0.520. The van der Waals surface area contributed by atoms with Gasteiger partial charge in [-0.3, -0.25) is 14.8 Å². The first-order valence-corrected chi connectivity index (χ1v) is 9.57. The Bertz CT molecular complexity index is 944. The number of nitrogens with zero attached hydrogens (tertiary/aromatic N) is 5. The monoisotopic (exact) mass is 381 g/mol. The molecule has 1 aromatic carbocycles. The third-order valence-corrected chi connectivity index (χ3v) is 5.26. The van der Waals surface area contributed by atoms with Crippen molar-refractivity contribution in [2.24, 2.45) is 0 Å². The highest BCUT2D eigenvalue weighted by atomic mass is 32.1. The average Bonchev–Trinajstić information content (AvgIpc) is 3.06. The molecule has 0 amide bonds. The van der Waals surface area contributed by atoms with Crippen molar-refractivity contribution in [1.29, 1.82) is 0 Å². The molecule has 0 atom stereocenters. The number of benzene rings is 1. The quantitative estimate of drug-likeness (QED) is 0.632. The van der Waals surface area contributed by atoms with Gasteiger partial charge in [0.15, 0.2) is 0 Å². The van der Waals surface area contributed by atoms with Gasteiger partial charge in [0.1, 0.15) is 0 Å². The van der Waals surface area contributed by atoms with Crippen molar-refractivity contribution in [2.75, 3.05) is 26.2 Å². The lowest BCUT2D eigenvalue weighted by Crippen LogP contribution is -2.46. The molecule has 0 saturated carbocycles. The van der Waals surface area contributed by atoms with Crippen LogP contribution in [0.4, 0.5) is 0 Å². The highest BCUT2D eigenvalue weighted by Crippen LogP contribution is 2.17. The first kappa shape index (κ1) is 18.0. The smallest absolute Gasteiger partial charge is 0.288 e. The summed E-state index contributed by atoms with van der Waals surface area (Å²) >= 11 is 5.34. The van der Waals surface area contributed by atoms with Crippen LogP contribution in [0.15, 0.2) is 53.2 Å². The molecule has 7 heteroatoms. The van der Waals surface area contributed by atoms with Crippen LogP contribution in [0.3, 0.4) is 0 Å². The van der Waals surface area contributed by atoms with Gasteiger partial charge in [-0.2, -0.15) is 0 Å². The number of hydrogen-bond acceptors (Lipinski definition) is 6. The summed E-state index contributed by atoms with van der Waals surface area (Å²) in [6, 6.07) is 12.4. The molecule has 0 spiro atoms. The Balaban J connectivity index is 1.35. The lowest BCUT2D eigenvalue weighted by molar-refractivity contribution is 0.0973. The average molecular weight is 382 g/mol. The molecule has 0 bridgehead atoms. The van der Waals surface area contributed by atoms with Crippen molar-refractivity contribution in [2.45, 2.75) is 20.1 Å². The van der Waals surface area contributed by atoms with Crippen molar-refractivity contribution in [3.8, 4) is 11.5 Å². The fraction of sp³-hybridized carbons (Fsp3) is 0.350. The Morgan fingerprint density at radius 2 is 1.81 bits per heavy atom. The molecule has 6 nitrogen and oxygen atoms in total. The van der Waals surface area contributed by atoms with Gasteiger partial charge in [0.25, 0.3) is 4.84 Å². The van der Waals surface area contributed by atoms with E-state index < -0.39 is 0 Å². The summed E-state index contributed by atoms with van der Waals surface area (Å²) < 4.78 is 7.40. The number of aryl methyl sites for hydroxylation is 1. The van der Waals surface area contributed by atoms with Crippen LogP contribution in [-0.2, 0) is 13.2 Å². The van der Waals surface area contributed by atoms with E-state index in [-0.39, 0.29) is 0 Å². The summed E-state index contributed by atoms with van der Waals surface area (Å²) in [5, 5.41) is 4.52. The molecule has 1 aliphatic heterocycles. The molecule has 27 heavy (non-hydrogen) atoms. The standard InChI is InChI=1S/C20H23N5OS/c1-16-5-2-3-6-18(16)14-23-9-11-24(12-10-23)15-25-20(27)26-19(22-25)17-7-4-8-21-13-17/h2-8,13H,9-12,14-15H2,1H3. The van der Waals surface area contributed by atoms with Gasteiger partial charge in [-0.1, -0.05) is 24.3 Å². The first-order valence-electron chi connectivity index (χ1n) is 9.16. The van der Waals surface area contributed by atoms with Crippen molar-refractivity contribution < 1.29 is 4.42 Å². The van der Waals surface area contributed by atoms with Gasteiger partial charge in [0, 0.05) is 45.1 Å². The predicted molar refractivity (Wildman–Crippen MR) is 107 cm³/mol. The van der Waals surface area contributed by atoms with E-state index in [4.69, 9.17) is 16.6 Å². The van der Waals surface area contributed by atoms with Gasteiger partial charge in [0.2, 0.25) is 5.89 Å². The normalized spacial score (nSPS) is 15.9. The molecule has 140 valence electrons. The SMILES string of the molecule is Cc1ccccc1CN1CCN(Cn2nc(-c3cccnc3)oc2=S)CC1. The van der Waals surface area contributed by atoms with Gasteiger partial charge in [-0.15, -0.1) is 5.10 Å². The van der Waals surface area contributed by atoms with Crippen LogP contribution in [0.25, 0.3) is 11.5 Å². The van der Waals surface area contributed by atoms with Crippen molar-refractivity contribution in [1.82, 2.24) is 24.6 Å². The van der Waals surface area contributed by atoms with Crippen LogP contribution in [0.5, 0.6) is 0 Å². The Labute approximate surface area is 164 Å². The molecular formula is C20H23N5OS. The zero-order valence-corrected chi connectivity index (χ0v) is 16.2. The van der Waals surface area contributed by atoms with Crippen LogP contribution in [-0.4, -0.2) is 50.7 Å². The second kappa shape index (κ2) is 8.12. The summed E-state index contributed by atoms with van der Waals surface area (Å²) in [7, 11) is 0. The maximum Gasteiger partial charge on any atom is 0.288 e. The number of hydrogen-bond donors (Lipinski definition) is 0. The van der Waals surface area contributed by atoms with Gasteiger partial charge < -0.3 is 4.42 Å². The van der Waals surface area contributed by atoms with Crippen LogP contribution in [0, 0.1) is 11.8 Å². The molecular weight excluding hydrogens is 358 g/mol. The largest absolute Gasteiger partial charge is 0.409 e. The van der Waals surface area contributed by atoms with Crippen molar-refractivity contribution >= 4 is 12.2 Å². The van der Waals surface area contributed by atoms with E-state index in [1.165, 1.54) is 11.1 Å². The van der Waals surface area contributed by atoms with Crippen LogP contribution >= 0.6 is 12.2 Å². The number of aromatic nitrogens is 3. The van der Waals surface area contributed by atoms with E-state index in [2.05, 4.69) is 51.1 Å². The van der Waals surface area contributed by atoms with E-state index in [1.54, 1.807) is 17.1 Å². The molecule has 1 aliphatic rings. The van der Waals surface area contributed by atoms with E-state index in [9.17, 15) is 0 Å². The fourth-order valence-corrected chi connectivity index (χ4v) is 3.49. The molecule has 1 fully saturated rings. The van der Waals surface area contributed by atoms with Gasteiger partial charge in [-0.05, 0) is 42.4 Å². The third kappa shape index (κ3) is 4.32. The summed E-state index contributed by atoms with van der Waals surface area (Å²) in [4.78, 5) is 9.37. The Kier molecular flexibility index (Phi) is 5.42. The minimum Gasteiger partial charge on any atom is -0.409 e. The van der Waals surface area contributed by atoms with E-state index in [0.29, 0.717) is 17.4 Å². The molecule has 3 heterocycles. The summed E-state index contributed by atoms with van der Waals surface area (Å²) in [5.41, 5.74) is 3.60. The molecule has 0 radical (unpaired) electrons. The molecule has 3 aromatic rings. The first-order chi connectivity index (χ1) is 13.2. The highest BCUT2D eigenvalue weighted by Gasteiger charge is 2.19. The topological polar surface area (TPSA) is 50.3 Å². The van der Waals surface area contributed by atoms with Gasteiger partial charge >= 0.3 is 0 Å². The van der Waals surface area contributed by atoms with E-state index >= 15 is 0 Å². The maximum atomic E-state index is 5.65. The Morgan fingerprint density at radius 1 is 1.04 bits per heavy atom. The maximum absolute atomic E-state index is 5.65. The van der Waals surface area contributed by atoms with Crippen molar-refractivity contribution in [3.05, 3.63) is 64.8 Å². The minimum atomic E-state index is 0.399. The van der Waals surface area contributed by atoms with E-state index in [1.807, 2.05) is 12.1 Å². The molecule has 2 aromatic heterocycles. The minimum absolute atomic E-state index is 0.399. The van der Waals surface area contributed by atoms with Crippen molar-refractivity contribution in [3.63, 3.8) is 0 Å². The molecule has 0 N–H and O–H groups in total. The van der Waals surface area contributed by atoms with Gasteiger partial charge in [-0.25, -0.2) is 4.68 Å². The summed E-state index contributed by atoms with van der Waals surface area (Å²) in [6.07, 6.45) is 3.46. The van der Waals surface area contributed by atoms with E-state index in [0.717, 1.165) is 38.3 Å². The number of rotatable bonds is 5. The lowest BCUT2D eigenvalue weighted by atomic mass is 10.1. The summed E-state index contributed by atoms with van der Waals surface area (Å²) in [6.45, 7) is 7.89. The second-order valence-corrected chi connectivity index (χ2v) is 7.23. The predicted octanol–water partition coefficient (Wildman–Crippen LogP) is 3.35.